The fraction of sp³-hybridized carbons (Fsp3) is 0.429. The van der Waals surface area contributed by atoms with Crippen LogP contribution in [0.1, 0.15) is 47.8 Å². The number of hydrogen-bond acceptors (Lipinski definition) is 4. The van der Waals surface area contributed by atoms with Crippen LogP contribution in [-0.4, -0.2) is 22.5 Å². The van der Waals surface area contributed by atoms with Gasteiger partial charge >= 0.3 is 0 Å². The van der Waals surface area contributed by atoms with Crippen LogP contribution in [0.25, 0.3) is 0 Å². The number of hydrogen-bond donors (Lipinski definition) is 0. The van der Waals surface area contributed by atoms with Gasteiger partial charge in [-0.15, -0.1) is 0 Å². The van der Waals surface area contributed by atoms with E-state index < -0.39 is 0 Å². The van der Waals surface area contributed by atoms with Crippen molar-refractivity contribution in [2.24, 2.45) is 0 Å². The third-order valence-electron chi connectivity index (χ3n) is 3.51. The van der Waals surface area contributed by atoms with E-state index in [-0.39, 0.29) is 11.9 Å². The molecule has 0 spiro atoms. The fourth-order valence-corrected chi connectivity index (χ4v) is 2.51. The predicted molar refractivity (Wildman–Crippen MR) is 67.6 cm³/mol. The summed E-state index contributed by atoms with van der Waals surface area (Å²) in [6.45, 7) is 2.70. The van der Waals surface area contributed by atoms with Crippen LogP contribution in [0, 0.1) is 0 Å². The molecule has 1 aliphatic heterocycles. The number of likely N-dealkylation sites (tertiary alicyclic amines) is 1. The van der Waals surface area contributed by atoms with E-state index in [1.54, 1.807) is 12.3 Å². The Morgan fingerprint density at radius 1 is 1.58 bits per heavy atom. The van der Waals surface area contributed by atoms with Crippen molar-refractivity contribution in [3.8, 4) is 0 Å². The second-order valence-corrected chi connectivity index (χ2v) is 4.70. The first-order chi connectivity index (χ1) is 9.29. The zero-order valence-corrected chi connectivity index (χ0v) is 10.8. The lowest BCUT2D eigenvalue weighted by Gasteiger charge is -2.21. The Kier molecular flexibility index (Phi) is 3.11. The molecule has 1 amide bonds. The molecular weight excluding hydrogens is 244 g/mol. The topological polar surface area (TPSA) is 59.5 Å². The molecule has 5 heteroatoms. The molecule has 3 rings (SSSR count). The van der Waals surface area contributed by atoms with E-state index in [0.29, 0.717) is 5.69 Å². The van der Waals surface area contributed by atoms with Gasteiger partial charge in [0.15, 0.2) is 5.69 Å². The minimum atomic E-state index is -0.0812. The van der Waals surface area contributed by atoms with E-state index in [4.69, 9.17) is 8.94 Å². The number of carbonyl (C=O) groups excluding carboxylic acids is 1. The third kappa shape index (κ3) is 2.16. The maximum Gasteiger partial charge on any atom is 0.276 e. The van der Waals surface area contributed by atoms with Gasteiger partial charge in [0.2, 0.25) is 0 Å². The molecule has 2 aromatic rings. The van der Waals surface area contributed by atoms with Gasteiger partial charge in [-0.25, -0.2) is 0 Å². The van der Waals surface area contributed by atoms with E-state index in [2.05, 4.69) is 5.16 Å². The van der Waals surface area contributed by atoms with Crippen molar-refractivity contribution in [2.75, 3.05) is 6.54 Å². The highest BCUT2D eigenvalue weighted by Crippen LogP contribution is 2.33. The van der Waals surface area contributed by atoms with Crippen LogP contribution in [0.4, 0.5) is 0 Å². The smallest absolute Gasteiger partial charge is 0.276 e. The van der Waals surface area contributed by atoms with Crippen LogP contribution in [0.15, 0.2) is 33.4 Å². The fourth-order valence-electron chi connectivity index (χ4n) is 2.51. The van der Waals surface area contributed by atoms with Crippen LogP contribution in [-0.2, 0) is 6.42 Å². The molecule has 1 fully saturated rings. The molecule has 0 radical (unpaired) electrons. The Morgan fingerprint density at radius 3 is 3.16 bits per heavy atom. The Morgan fingerprint density at radius 2 is 2.47 bits per heavy atom. The molecule has 1 atom stereocenters. The SMILES string of the molecule is CCc1cc(C(=O)N2CCC[C@H]2c2ccco2)no1. The Bertz CT molecular complexity index is 559. The number of aromatic nitrogens is 1. The summed E-state index contributed by atoms with van der Waals surface area (Å²) < 4.78 is 10.5. The highest BCUT2D eigenvalue weighted by molar-refractivity contribution is 5.92. The summed E-state index contributed by atoms with van der Waals surface area (Å²) in [7, 11) is 0. The monoisotopic (exact) mass is 260 g/mol. The largest absolute Gasteiger partial charge is 0.467 e. The van der Waals surface area contributed by atoms with Crippen molar-refractivity contribution < 1.29 is 13.7 Å². The maximum absolute atomic E-state index is 12.4. The predicted octanol–water partition coefficient (Wildman–Crippen LogP) is 2.81. The van der Waals surface area contributed by atoms with Gasteiger partial charge in [0.1, 0.15) is 11.5 Å². The highest BCUT2D eigenvalue weighted by atomic mass is 16.5. The molecule has 100 valence electrons. The van der Waals surface area contributed by atoms with Gasteiger partial charge in [-0.1, -0.05) is 12.1 Å². The number of nitrogens with zero attached hydrogens (tertiary/aromatic N) is 2. The summed E-state index contributed by atoms with van der Waals surface area (Å²) in [6.07, 6.45) is 4.29. The van der Waals surface area contributed by atoms with Crippen LogP contribution < -0.4 is 0 Å². The molecular formula is C14H16N2O3. The summed E-state index contributed by atoms with van der Waals surface area (Å²) in [5.41, 5.74) is 0.385. The Hall–Kier alpha value is -2.04. The molecule has 0 saturated carbocycles. The van der Waals surface area contributed by atoms with Gasteiger partial charge in [0.25, 0.3) is 5.91 Å². The first-order valence-electron chi connectivity index (χ1n) is 6.59. The summed E-state index contributed by atoms with van der Waals surface area (Å²) in [6, 6.07) is 5.50. The number of aryl methyl sites for hydroxylation is 1. The molecule has 19 heavy (non-hydrogen) atoms. The van der Waals surface area contributed by atoms with Crippen LogP contribution in [0.2, 0.25) is 0 Å². The van der Waals surface area contributed by atoms with Crippen LogP contribution in [0.3, 0.4) is 0 Å². The molecule has 0 bridgehead atoms. The minimum Gasteiger partial charge on any atom is -0.467 e. The molecule has 3 heterocycles. The van der Waals surface area contributed by atoms with E-state index in [0.717, 1.165) is 37.3 Å². The molecule has 2 aromatic heterocycles. The summed E-state index contributed by atoms with van der Waals surface area (Å²) in [4.78, 5) is 14.3. The van der Waals surface area contributed by atoms with Crippen molar-refractivity contribution in [2.45, 2.75) is 32.2 Å². The average molecular weight is 260 g/mol. The normalized spacial score (nSPS) is 19.0. The summed E-state index contributed by atoms with van der Waals surface area (Å²) >= 11 is 0. The van der Waals surface area contributed by atoms with Gasteiger partial charge in [0, 0.05) is 19.0 Å². The van der Waals surface area contributed by atoms with E-state index in [9.17, 15) is 4.79 Å². The van der Waals surface area contributed by atoms with Crippen LogP contribution in [0.5, 0.6) is 0 Å². The van der Waals surface area contributed by atoms with Gasteiger partial charge in [0.05, 0.1) is 12.3 Å². The number of carbonyl (C=O) groups is 1. The van der Waals surface area contributed by atoms with Gasteiger partial charge < -0.3 is 13.8 Å². The first kappa shape index (κ1) is 12.0. The van der Waals surface area contributed by atoms with Crippen molar-refractivity contribution >= 4 is 5.91 Å². The van der Waals surface area contributed by atoms with Gasteiger partial charge in [-0.2, -0.15) is 0 Å². The molecule has 0 unspecified atom stereocenters. The number of amides is 1. The maximum atomic E-state index is 12.4. The lowest BCUT2D eigenvalue weighted by Crippen LogP contribution is -2.30. The molecule has 1 saturated heterocycles. The molecule has 5 nitrogen and oxygen atoms in total. The lowest BCUT2D eigenvalue weighted by atomic mass is 10.1. The molecule has 1 aliphatic rings. The average Bonchev–Trinajstić information content (AvgIpc) is 3.16. The quantitative estimate of drug-likeness (QED) is 0.851. The summed E-state index contributed by atoms with van der Waals surface area (Å²) in [5.74, 6) is 1.49. The standard InChI is InChI=1S/C14H16N2O3/c1-2-10-9-11(15-19-10)14(17)16-7-3-5-12(16)13-6-4-8-18-13/h4,6,8-9,12H,2-3,5,7H2,1H3/t12-/m0/s1. The zero-order chi connectivity index (χ0) is 13.2. The minimum absolute atomic E-state index is 0.0178. The molecule has 0 aliphatic carbocycles. The second kappa shape index (κ2) is 4.91. The molecule has 0 N–H and O–H groups in total. The second-order valence-electron chi connectivity index (χ2n) is 4.70. The van der Waals surface area contributed by atoms with Gasteiger partial charge in [-0.05, 0) is 25.0 Å². The van der Waals surface area contributed by atoms with Gasteiger partial charge in [-0.3, -0.25) is 4.79 Å². The first-order valence-corrected chi connectivity index (χ1v) is 6.59. The van der Waals surface area contributed by atoms with Crippen molar-refractivity contribution in [3.05, 3.63) is 41.7 Å². The Balaban J connectivity index is 1.82. The van der Waals surface area contributed by atoms with Crippen molar-refractivity contribution in [3.63, 3.8) is 0 Å². The van der Waals surface area contributed by atoms with E-state index >= 15 is 0 Å². The number of furan rings is 1. The summed E-state index contributed by atoms with van der Waals surface area (Å²) in [5, 5.41) is 3.85. The lowest BCUT2D eigenvalue weighted by molar-refractivity contribution is 0.0709. The van der Waals surface area contributed by atoms with E-state index in [1.807, 2.05) is 24.0 Å². The van der Waals surface area contributed by atoms with Crippen molar-refractivity contribution in [1.82, 2.24) is 10.1 Å². The van der Waals surface area contributed by atoms with Crippen molar-refractivity contribution in [1.29, 1.82) is 0 Å². The van der Waals surface area contributed by atoms with E-state index in [1.165, 1.54) is 0 Å². The molecule has 0 aromatic carbocycles. The number of rotatable bonds is 3. The highest BCUT2D eigenvalue weighted by Gasteiger charge is 2.33. The Labute approximate surface area is 111 Å². The third-order valence-corrected chi connectivity index (χ3v) is 3.51. The zero-order valence-electron chi connectivity index (χ0n) is 10.8. The van der Waals surface area contributed by atoms with Crippen LogP contribution >= 0.6 is 0 Å².